The van der Waals surface area contributed by atoms with E-state index < -0.39 is 0 Å². The van der Waals surface area contributed by atoms with Crippen LogP contribution in [0.2, 0.25) is 0 Å². The standard InChI is InChI=1S/C53H35NO/c1-3-13-37(14-4-1)41-20-11-22-44-48(41)33-49-43-17-7-8-18-45(43)51(34-50(44)49)54(39-15-5-2-6-16-39)40-31-29-36(30-32-40)35-25-27-38(28-26-35)42-21-12-23-47-46-19-9-10-24-52(46)55-53(42)47/h1-32,34H,33H2. The van der Waals surface area contributed by atoms with Crippen LogP contribution >= 0.6 is 0 Å². The Labute approximate surface area is 320 Å². The maximum absolute atomic E-state index is 6.35. The number of fused-ring (bicyclic) bond motifs is 8. The highest BCUT2D eigenvalue weighted by atomic mass is 16.3. The van der Waals surface area contributed by atoms with E-state index in [1.54, 1.807) is 0 Å². The van der Waals surface area contributed by atoms with Crippen molar-refractivity contribution in [3.63, 3.8) is 0 Å². The van der Waals surface area contributed by atoms with Gasteiger partial charge in [-0.1, -0.05) is 164 Å². The van der Waals surface area contributed by atoms with Gasteiger partial charge >= 0.3 is 0 Å². The van der Waals surface area contributed by atoms with Gasteiger partial charge in [-0.15, -0.1) is 0 Å². The van der Waals surface area contributed by atoms with Crippen LogP contribution in [0.25, 0.3) is 77.2 Å². The van der Waals surface area contributed by atoms with Crippen LogP contribution in [0, 0.1) is 0 Å². The van der Waals surface area contributed by atoms with Gasteiger partial charge in [-0.25, -0.2) is 0 Å². The molecule has 1 heterocycles. The van der Waals surface area contributed by atoms with Gasteiger partial charge in [0.2, 0.25) is 0 Å². The van der Waals surface area contributed by atoms with Gasteiger partial charge in [-0.2, -0.15) is 0 Å². The zero-order valence-electron chi connectivity index (χ0n) is 30.1. The van der Waals surface area contributed by atoms with E-state index in [0.29, 0.717) is 0 Å². The highest BCUT2D eigenvalue weighted by Crippen LogP contribution is 2.49. The molecule has 0 amide bonds. The van der Waals surface area contributed by atoms with Crippen LogP contribution in [0.3, 0.4) is 0 Å². The van der Waals surface area contributed by atoms with E-state index in [0.717, 1.165) is 50.9 Å². The quantitative estimate of drug-likeness (QED) is 0.172. The fraction of sp³-hybridized carbons (Fsp3) is 0.0189. The zero-order chi connectivity index (χ0) is 36.3. The third-order valence-corrected chi connectivity index (χ3v) is 11.4. The van der Waals surface area contributed by atoms with Crippen molar-refractivity contribution in [3.05, 3.63) is 211 Å². The number of para-hydroxylation sites is 3. The number of benzene rings is 9. The molecular weight excluding hydrogens is 667 g/mol. The minimum absolute atomic E-state index is 0.918. The minimum Gasteiger partial charge on any atom is -0.455 e. The molecule has 1 aliphatic carbocycles. The monoisotopic (exact) mass is 701 g/mol. The van der Waals surface area contributed by atoms with Crippen LogP contribution in [-0.4, -0.2) is 0 Å². The summed E-state index contributed by atoms with van der Waals surface area (Å²) in [4.78, 5) is 2.42. The number of furan rings is 1. The fourth-order valence-corrected chi connectivity index (χ4v) is 8.75. The van der Waals surface area contributed by atoms with Crippen molar-refractivity contribution in [2.45, 2.75) is 6.42 Å². The smallest absolute Gasteiger partial charge is 0.143 e. The molecule has 0 saturated heterocycles. The van der Waals surface area contributed by atoms with Gasteiger partial charge in [0.15, 0.2) is 0 Å². The van der Waals surface area contributed by atoms with E-state index >= 15 is 0 Å². The van der Waals surface area contributed by atoms with Crippen molar-refractivity contribution in [3.8, 4) is 44.5 Å². The molecule has 0 N–H and O–H groups in total. The van der Waals surface area contributed by atoms with Crippen LogP contribution in [0.4, 0.5) is 17.1 Å². The van der Waals surface area contributed by atoms with E-state index in [1.807, 2.05) is 12.1 Å². The lowest BCUT2D eigenvalue weighted by Gasteiger charge is -2.28. The maximum Gasteiger partial charge on any atom is 0.143 e. The highest BCUT2D eigenvalue weighted by Gasteiger charge is 2.27. The molecule has 0 atom stereocenters. The van der Waals surface area contributed by atoms with E-state index in [9.17, 15) is 0 Å². The van der Waals surface area contributed by atoms with Crippen molar-refractivity contribution in [2.24, 2.45) is 0 Å². The molecule has 258 valence electrons. The first-order chi connectivity index (χ1) is 27.3. The van der Waals surface area contributed by atoms with Crippen LogP contribution in [-0.2, 0) is 6.42 Å². The Morgan fingerprint density at radius 1 is 0.345 bits per heavy atom. The third kappa shape index (κ3) is 5.18. The molecule has 9 aromatic carbocycles. The van der Waals surface area contributed by atoms with Crippen molar-refractivity contribution in [2.75, 3.05) is 4.90 Å². The molecule has 0 aliphatic heterocycles. The van der Waals surface area contributed by atoms with Crippen LogP contribution in [0.5, 0.6) is 0 Å². The molecule has 1 aliphatic rings. The molecule has 0 spiro atoms. The molecule has 10 aromatic rings. The van der Waals surface area contributed by atoms with Crippen molar-refractivity contribution in [1.82, 2.24) is 0 Å². The van der Waals surface area contributed by atoms with Gasteiger partial charge in [-0.3, -0.25) is 0 Å². The summed E-state index contributed by atoms with van der Waals surface area (Å²) in [6.45, 7) is 0. The summed E-state index contributed by atoms with van der Waals surface area (Å²) in [5.74, 6) is 0. The first-order valence-corrected chi connectivity index (χ1v) is 19.0. The fourth-order valence-electron chi connectivity index (χ4n) is 8.75. The second-order valence-corrected chi connectivity index (χ2v) is 14.4. The molecule has 0 bridgehead atoms. The van der Waals surface area contributed by atoms with Crippen molar-refractivity contribution < 1.29 is 4.42 Å². The first-order valence-electron chi connectivity index (χ1n) is 19.0. The predicted molar refractivity (Wildman–Crippen MR) is 230 cm³/mol. The summed E-state index contributed by atoms with van der Waals surface area (Å²) in [6, 6.07) is 72.2. The average Bonchev–Trinajstić information content (AvgIpc) is 3.84. The van der Waals surface area contributed by atoms with E-state index in [-0.39, 0.29) is 0 Å². The topological polar surface area (TPSA) is 16.4 Å². The van der Waals surface area contributed by atoms with E-state index in [4.69, 9.17) is 4.42 Å². The molecule has 0 saturated carbocycles. The molecule has 0 unspecified atom stereocenters. The molecule has 0 fully saturated rings. The SMILES string of the molecule is c1ccc(-c2cccc3c2Cc2c-3cc(N(c3ccccc3)c3ccc(-c4ccc(-c5cccc6c5oc5ccccc56)cc4)cc3)c3ccccc23)cc1. The lowest BCUT2D eigenvalue weighted by atomic mass is 9.95. The number of nitrogens with zero attached hydrogens (tertiary/aromatic N) is 1. The summed E-state index contributed by atoms with van der Waals surface area (Å²) >= 11 is 0. The third-order valence-electron chi connectivity index (χ3n) is 11.4. The Morgan fingerprint density at radius 2 is 0.891 bits per heavy atom. The highest BCUT2D eigenvalue weighted by molar-refractivity contribution is 6.10. The lowest BCUT2D eigenvalue weighted by molar-refractivity contribution is 0.670. The van der Waals surface area contributed by atoms with Gasteiger partial charge in [-0.05, 0) is 98.3 Å². The Kier molecular flexibility index (Phi) is 7.28. The summed E-state index contributed by atoms with van der Waals surface area (Å²) in [5, 5.41) is 4.85. The van der Waals surface area contributed by atoms with Gasteiger partial charge in [0.25, 0.3) is 0 Å². The summed E-state index contributed by atoms with van der Waals surface area (Å²) in [6.07, 6.45) is 0.919. The Hall–Kier alpha value is -7.16. The summed E-state index contributed by atoms with van der Waals surface area (Å²) < 4.78 is 6.35. The summed E-state index contributed by atoms with van der Waals surface area (Å²) in [7, 11) is 0. The molecular formula is C53H35NO. The van der Waals surface area contributed by atoms with Gasteiger partial charge in [0, 0.05) is 33.1 Å². The predicted octanol–water partition coefficient (Wildman–Crippen LogP) is 14.8. The number of hydrogen-bond donors (Lipinski definition) is 0. The molecule has 55 heavy (non-hydrogen) atoms. The second kappa shape index (κ2) is 12.8. The molecule has 2 heteroatoms. The number of rotatable bonds is 6. The maximum atomic E-state index is 6.35. The van der Waals surface area contributed by atoms with Crippen LogP contribution in [0.1, 0.15) is 11.1 Å². The second-order valence-electron chi connectivity index (χ2n) is 14.4. The van der Waals surface area contributed by atoms with Crippen molar-refractivity contribution in [1.29, 1.82) is 0 Å². The average molecular weight is 702 g/mol. The molecule has 11 rings (SSSR count). The lowest BCUT2D eigenvalue weighted by Crippen LogP contribution is -2.11. The summed E-state index contributed by atoms with van der Waals surface area (Å²) in [5.41, 5.74) is 17.9. The zero-order valence-corrected chi connectivity index (χ0v) is 30.1. The normalized spacial score (nSPS) is 11.9. The Bertz CT molecular complexity index is 3030. The number of hydrogen-bond acceptors (Lipinski definition) is 2. The van der Waals surface area contributed by atoms with Crippen molar-refractivity contribution >= 4 is 49.8 Å². The Morgan fingerprint density at radius 3 is 1.67 bits per heavy atom. The number of anilines is 3. The van der Waals surface area contributed by atoms with Crippen LogP contribution in [0.15, 0.2) is 205 Å². The van der Waals surface area contributed by atoms with E-state index in [2.05, 4.69) is 193 Å². The largest absolute Gasteiger partial charge is 0.455 e. The molecule has 1 aromatic heterocycles. The van der Waals surface area contributed by atoms with Gasteiger partial charge in [0.1, 0.15) is 11.2 Å². The first kappa shape index (κ1) is 31.4. The van der Waals surface area contributed by atoms with Crippen LogP contribution < -0.4 is 4.90 Å². The van der Waals surface area contributed by atoms with Gasteiger partial charge in [0.05, 0.1) is 5.69 Å². The molecule has 0 radical (unpaired) electrons. The molecule has 2 nitrogen and oxygen atoms in total. The van der Waals surface area contributed by atoms with E-state index in [1.165, 1.54) is 61.0 Å². The minimum atomic E-state index is 0.918. The Balaban J connectivity index is 0.992. The van der Waals surface area contributed by atoms with Gasteiger partial charge < -0.3 is 9.32 Å².